The average Bonchev–Trinajstić information content (AvgIpc) is 3.35. The second-order valence-electron chi connectivity index (χ2n) is 6.56. The number of allylic oxidation sites excluding steroid dienone is 1. The Morgan fingerprint density at radius 1 is 1.14 bits per heavy atom. The van der Waals surface area contributed by atoms with Crippen LogP contribution in [0.4, 0.5) is 0 Å². The van der Waals surface area contributed by atoms with Crippen molar-refractivity contribution < 1.29 is 14.6 Å². The molecule has 0 spiro atoms. The van der Waals surface area contributed by atoms with Crippen LogP contribution in [0.1, 0.15) is 17.8 Å². The Morgan fingerprint density at radius 2 is 1.90 bits per heavy atom. The van der Waals surface area contributed by atoms with E-state index >= 15 is 0 Å². The number of esters is 1. The van der Waals surface area contributed by atoms with E-state index < -0.39 is 5.97 Å². The van der Waals surface area contributed by atoms with Crippen molar-refractivity contribution in [1.29, 1.82) is 5.26 Å². The zero-order valence-electron chi connectivity index (χ0n) is 15.5. The maximum Gasteiger partial charge on any atom is 0.306 e. The Balaban J connectivity index is 1.40. The monoisotopic (exact) mass is 386 g/mol. The minimum atomic E-state index is -0.455. The van der Waals surface area contributed by atoms with Crippen LogP contribution >= 0.6 is 0 Å². The Bertz CT molecular complexity index is 1230. The lowest BCUT2D eigenvalue weighted by Crippen LogP contribution is -2.09. The van der Waals surface area contributed by atoms with Crippen LogP contribution in [0.25, 0.3) is 27.5 Å². The van der Waals surface area contributed by atoms with Gasteiger partial charge in [-0.1, -0.05) is 30.3 Å². The highest BCUT2D eigenvalue weighted by Crippen LogP contribution is 2.20. The number of fused-ring (bicyclic) bond motifs is 2. The van der Waals surface area contributed by atoms with Gasteiger partial charge in [0.05, 0.1) is 11.0 Å². The summed E-state index contributed by atoms with van der Waals surface area (Å²) in [6, 6.07) is 17.1. The quantitative estimate of drug-likeness (QED) is 0.263. The summed E-state index contributed by atoms with van der Waals surface area (Å²) in [6.07, 6.45) is 2.56. The topological polar surface area (TPSA) is 115 Å². The summed E-state index contributed by atoms with van der Waals surface area (Å²) < 4.78 is 5.14. The summed E-state index contributed by atoms with van der Waals surface area (Å²) in [7, 11) is 0. The van der Waals surface area contributed by atoms with Crippen LogP contribution in [0.5, 0.6) is 0 Å². The summed E-state index contributed by atoms with van der Waals surface area (Å²) >= 11 is 0. The molecule has 3 N–H and O–H groups in total. The molecule has 0 aliphatic carbocycles. The van der Waals surface area contributed by atoms with Crippen LogP contribution in [0.3, 0.4) is 0 Å². The van der Waals surface area contributed by atoms with Crippen LogP contribution in [0.15, 0.2) is 60.5 Å². The third kappa shape index (κ3) is 3.82. The third-order valence-electron chi connectivity index (χ3n) is 4.67. The number of aliphatic hydroxyl groups excluding tert-OH is 1. The lowest BCUT2D eigenvalue weighted by molar-refractivity contribution is -0.143. The molecule has 4 aromatic rings. The molecule has 0 aliphatic rings. The SMILES string of the molecule is N#C/C(=C(/O)COC(=O)CCc1c[nH]c2ccccc12)c1nc2ccccc2[nH]1. The van der Waals surface area contributed by atoms with Crippen molar-refractivity contribution in [3.05, 3.63) is 71.9 Å². The van der Waals surface area contributed by atoms with Gasteiger partial charge >= 0.3 is 5.97 Å². The lowest BCUT2D eigenvalue weighted by atomic mass is 10.1. The minimum absolute atomic E-state index is 0.0503. The lowest BCUT2D eigenvalue weighted by Gasteiger charge is -2.05. The molecule has 0 fully saturated rings. The number of nitriles is 1. The number of carbonyl (C=O) groups excluding carboxylic acids is 1. The van der Waals surface area contributed by atoms with Crippen molar-refractivity contribution in [2.45, 2.75) is 12.8 Å². The molecule has 7 heteroatoms. The first-order valence-electron chi connectivity index (χ1n) is 9.13. The van der Waals surface area contributed by atoms with E-state index in [4.69, 9.17) is 4.74 Å². The maximum atomic E-state index is 12.1. The molecule has 2 aromatic carbocycles. The van der Waals surface area contributed by atoms with Gasteiger partial charge in [-0.2, -0.15) is 5.26 Å². The Kier molecular flexibility index (Phi) is 4.99. The first-order chi connectivity index (χ1) is 14.2. The number of nitrogens with one attached hydrogen (secondary N) is 2. The number of nitrogens with zero attached hydrogens (tertiary/aromatic N) is 2. The Morgan fingerprint density at radius 3 is 2.69 bits per heavy atom. The predicted octanol–water partition coefficient (Wildman–Crippen LogP) is 4.01. The summed E-state index contributed by atoms with van der Waals surface area (Å²) in [5, 5.41) is 20.7. The van der Waals surface area contributed by atoms with Crippen LogP contribution in [0.2, 0.25) is 0 Å². The number of hydrogen-bond acceptors (Lipinski definition) is 5. The van der Waals surface area contributed by atoms with Gasteiger partial charge in [0.1, 0.15) is 18.2 Å². The molecular formula is C22H18N4O3. The summed E-state index contributed by atoms with van der Waals surface area (Å²) in [5.74, 6) is -0.559. The molecular weight excluding hydrogens is 368 g/mol. The highest BCUT2D eigenvalue weighted by molar-refractivity contribution is 5.84. The molecule has 144 valence electrons. The third-order valence-corrected chi connectivity index (χ3v) is 4.67. The fraction of sp³-hybridized carbons (Fsp3) is 0.136. The van der Waals surface area contributed by atoms with Crippen molar-refractivity contribution >= 4 is 33.5 Å². The molecule has 0 unspecified atom stereocenters. The summed E-state index contributed by atoms with van der Waals surface area (Å²) in [6.45, 7) is -0.382. The van der Waals surface area contributed by atoms with Crippen LogP contribution in [0, 0.1) is 11.3 Å². The summed E-state index contributed by atoms with van der Waals surface area (Å²) in [5.41, 5.74) is 3.42. The molecule has 7 nitrogen and oxygen atoms in total. The number of rotatable bonds is 6. The van der Waals surface area contributed by atoms with Gasteiger partial charge in [0, 0.05) is 23.5 Å². The molecule has 0 amide bonds. The van der Waals surface area contributed by atoms with Crippen LogP contribution < -0.4 is 0 Å². The number of hydrogen-bond donors (Lipinski definition) is 3. The fourth-order valence-corrected chi connectivity index (χ4v) is 3.19. The smallest absolute Gasteiger partial charge is 0.306 e. The van der Waals surface area contributed by atoms with E-state index in [1.54, 1.807) is 6.07 Å². The van der Waals surface area contributed by atoms with E-state index in [2.05, 4.69) is 15.0 Å². The van der Waals surface area contributed by atoms with Gasteiger partial charge < -0.3 is 19.8 Å². The molecule has 2 heterocycles. The van der Waals surface area contributed by atoms with Gasteiger partial charge in [0.15, 0.2) is 11.6 Å². The number of H-pyrrole nitrogens is 2. The van der Waals surface area contributed by atoms with E-state index in [1.165, 1.54) is 0 Å². The van der Waals surface area contributed by atoms with E-state index in [0.29, 0.717) is 11.9 Å². The zero-order valence-corrected chi connectivity index (χ0v) is 15.5. The zero-order chi connectivity index (χ0) is 20.2. The molecule has 4 rings (SSSR count). The largest absolute Gasteiger partial charge is 0.507 e. The van der Waals surface area contributed by atoms with Crippen LogP contribution in [-0.4, -0.2) is 32.6 Å². The number of para-hydroxylation sites is 3. The van der Waals surface area contributed by atoms with Gasteiger partial charge in [-0.25, -0.2) is 4.98 Å². The number of aryl methyl sites for hydroxylation is 1. The molecule has 0 atom stereocenters. The number of imidazole rings is 1. The van der Waals surface area contributed by atoms with E-state index in [1.807, 2.05) is 54.7 Å². The van der Waals surface area contributed by atoms with Crippen molar-refractivity contribution in [3.8, 4) is 6.07 Å². The normalized spacial score (nSPS) is 12.0. The number of benzene rings is 2. The first-order valence-corrected chi connectivity index (χ1v) is 9.13. The first kappa shape index (κ1) is 18.3. The number of aromatic nitrogens is 3. The fourth-order valence-electron chi connectivity index (χ4n) is 3.19. The highest BCUT2D eigenvalue weighted by atomic mass is 16.5. The average molecular weight is 386 g/mol. The number of aliphatic hydroxyl groups is 1. The van der Waals surface area contributed by atoms with E-state index in [9.17, 15) is 15.2 Å². The molecule has 0 saturated carbocycles. The van der Waals surface area contributed by atoms with Crippen molar-refractivity contribution in [3.63, 3.8) is 0 Å². The van der Waals surface area contributed by atoms with Crippen molar-refractivity contribution in [2.24, 2.45) is 0 Å². The minimum Gasteiger partial charge on any atom is -0.507 e. The Labute approximate surface area is 166 Å². The summed E-state index contributed by atoms with van der Waals surface area (Å²) in [4.78, 5) is 22.5. The molecule has 0 saturated heterocycles. The van der Waals surface area contributed by atoms with Gasteiger partial charge in [-0.3, -0.25) is 4.79 Å². The molecule has 0 radical (unpaired) electrons. The maximum absolute atomic E-state index is 12.1. The standard InChI is InChI=1S/C22H18N4O3/c23-11-16(22-25-18-7-3-4-8-19(18)26-22)20(27)13-29-21(28)10-9-14-12-24-17-6-2-1-5-15(14)17/h1-8,12,24,27H,9-10,13H2,(H,25,26)/b20-16-. The number of ether oxygens (including phenoxy) is 1. The second kappa shape index (κ2) is 7.90. The van der Waals surface area contributed by atoms with Crippen molar-refractivity contribution in [2.75, 3.05) is 6.61 Å². The number of carbonyl (C=O) groups is 1. The van der Waals surface area contributed by atoms with Crippen molar-refractivity contribution in [1.82, 2.24) is 15.0 Å². The molecule has 29 heavy (non-hydrogen) atoms. The Hall–Kier alpha value is -4.05. The van der Waals surface area contributed by atoms with Crippen LogP contribution in [-0.2, 0) is 16.0 Å². The predicted molar refractivity (Wildman–Crippen MR) is 109 cm³/mol. The molecule has 0 bridgehead atoms. The van der Waals surface area contributed by atoms with Gasteiger partial charge in [0.2, 0.25) is 0 Å². The number of aromatic amines is 2. The van der Waals surface area contributed by atoms with Gasteiger partial charge in [-0.15, -0.1) is 0 Å². The van der Waals surface area contributed by atoms with E-state index in [-0.39, 0.29) is 30.2 Å². The highest BCUT2D eigenvalue weighted by Gasteiger charge is 2.15. The molecule has 2 aromatic heterocycles. The van der Waals surface area contributed by atoms with Gasteiger partial charge in [0.25, 0.3) is 0 Å². The van der Waals surface area contributed by atoms with E-state index in [0.717, 1.165) is 22.0 Å². The second-order valence-corrected chi connectivity index (χ2v) is 6.56. The van der Waals surface area contributed by atoms with Gasteiger partial charge in [-0.05, 0) is 30.2 Å². The molecule has 0 aliphatic heterocycles.